The van der Waals surface area contributed by atoms with E-state index in [2.05, 4.69) is 16.4 Å². The quantitative estimate of drug-likeness (QED) is 0.862. The van der Waals surface area contributed by atoms with E-state index in [-0.39, 0.29) is 12.1 Å². The molecule has 0 saturated heterocycles. The number of hydrogen-bond donors (Lipinski definition) is 2. The summed E-state index contributed by atoms with van der Waals surface area (Å²) in [6.07, 6.45) is 2.48. The van der Waals surface area contributed by atoms with Crippen LogP contribution in [0, 0.1) is 11.3 Å². The minimum Gasteiger partial charge on any atom is -0.391 e. The first kappa shape index (κ1) is 11.9. The standard InChI is InChI=1S/C15H15N3O/c16-9-10-8-15(18-13-6-3-7-14(13)19)17-12-5-2-1-4-11(10)12/h1-2,4-5,8,13-14,19H,3,6-7H2,(H,17,18)/t13-,14+/m1/s1. The average molecular weight is 253 g/mol. The minimum absolute atomic E-state index is 0.0419. The Balaban J connectivity index is 1.98. The van der Waals surface area contributed by atoms with Crippen LogP contribution < -0.4 is 5.32 Å². The first-order chi connectivity index (χ1) is 9.28. The van der Waals surface area contributed by atoms with Gasteiger partial charge in [-0.25, -0.2) is 4.98 Å². The van der Waals surface area contributed by atoms with E-state index in [4.69, 9.17) is 0 Å². The number of pyridine rings is 1. The lowest BCUT2D eigenvalue weighted by molar-refractivity contribution is 0.171. The molecule has 3 rings (SSSR count). The molecule has 0 aliphatic heterocycles. The van der Waals surface area contributed by atoms with E-state index in [1.165, 1.54) is 0 Å². The SMILES string of the molecule is N#Cc1cc(N[C@@H]2CCC[C@@H]2O)nc2ccccc12. The summed E-state index contributed by atoms with van der Waals surface area (Å²) in [6, 6.07) is 11.6. The van der Waals surface area contributed by atoms with Gasteiger partial charge in [-0.05, 0) is 31.4 Å². The number of benzene rings is 1. The Labute approximate surface area is 111 Å². The van der Waals surface area contributed by atoms with Crippen molar-refractivity contribution in [1.82, 2.24) is 4.98 Å². The Morgan fingerprint density at radius 2 is 2.16 bits per heavy atom. The number of aliphatic hydroxyl groups excluding tert-OH is 1. The van der Waals surface area contributed by atoms with Crippen molar-refractivity contribution in [2.45, 2.75) is 31.4 Å². The van der Waals surface area contributed by atoms with Crippen molar-refractivity contribution in [2.24, 2.45) is 0 Å². The molecule has 96 valence electrons. The fourth-order valence-corrected chi connectivity index (χ4v) is 2.64. The second-order valence-electron chi connectivity index (χ2n) is 4.93. The van der Waals surface area contributed by atoms with E-state index in [1.807, 2.05) is 24.3 Å². The Hall–Kier alpha value is -2.12. The predicted molar refractivity (Wildman–Crippen MR) is 73.7 cm³/mol. The van der Waals surface area contributed by atoms with Gasteiger partial charge in [0.15, 0.2) is 0 Å². The molecule has 1 saturated carbocycles. The normalized spacial score (nSPS) is 22.3. The van der Waals surface area contributed by atoms with Crippen LogP contribution in [0.25, 0.3) is 10.9 Å². The molecule has 1 heterocycles. The van der Waals surface area contributed by atoms with Crippen molar-refractivity contribution >= 4 is 16.7 Å². The van der Waals surface area contributed by atoms with Gasteiger partial charge in [-0.3, -0.25) is 0 Å². The van der Waals surface area contributed by atoms with Crippen molar-refractivity contribution in [2.75, 3.05) is 5.32 Å². The zero-order valence-electron chi connectivity index (χ0n) is 10.5. The number of fused-ring (bicyclic) bond motifs is 1. The Morgan fingerprint density at radius 1 is 1.32 bits per heavy atom. The topological polar surface area (TPSA) is 68.9 Å². The fraction of sp³-hybridized carbons (Fsp3) is 0.333. The summed E-state index contributed by atoms with van der Waals surface area (Å²) in [6.45, 7) is 0. The maximum atomic E-state index is 9.83. The molecule has 1 aliphatic carbocycles. The third-order valence-electron chi connectivity index (χ3n) is 3.65. The van der Waals surface area contributed by atoms with Crippen LogP contribution in [-0.4, -0.2) is 22.2 Å². The highest BCUT2D eigenvalue weighted by atomic mass is 16.3. The van der Waals surface area contributed by atoms with Gasteiger partial charge in [0.25, 0.3) is 0 Å². The monoisotopic (exact) mass is 253 g/mol. The van der Waals surface area contributed by atoms with Gasteiger partial charge in [0.1, 0.15) is 5.82 Å². The van der Waals surface area contributed by atoms with E-state index < -0.39 is 0 Å². The van der Waals surface area contributed by atoms with E-state index in [0.29, 0.717) is 11.4 Å². The van der Waals surface area contributed by atoms with Crippen LogP contribution in [0.15, 0.2) is 30.3 Å². The summed E-state index contributed by atoms with van der Waals surface area (Å²) in [4.78, 5) is 4.51. The van der Waals surface area contributed by atoms with Gasteiger partial charge in [0.2, 0.25) is 0 Å². The summed E-state index contributed by atoms with van der Waals surface area (Å²) in [5.41, 5.74) is 1.41. The number of nitriles is 1. The van der Waals surface area contributed by atoms with Crippen molar-refractivity contribution in [3.8, 4) is 6.07 Å². The van der Waals surface area contributed by atoms with Gasteiger partial charge in [-0.1, -0.05) is 18.2 Å². The number of para-hydroxylation sites is 1. The number of nitrogens with zero attached hydrogens (tertiary/aromatic N) is 2. The second-order valence-corrected chi connectivity index (χ2v) is 4.93. The highest BCUT2D eigenvalue weighted by Gasteiger charge is 2.25. The molecule has 1 aromatic heterocycles. The van der Waals surface area contributed by atoms with Gasteiger partial charge in [-0.15, -0.1) is 0 Å². The minimum atomic E-state index is -0.321. The van der Waals surface area contributed by atoms with E-state index in [0.717, 1.165) is 30.2 Å². The molecule has 1 aliphatic rings. The molecule has 4 heteroatoms. The molecule has 0 bridgehead atoms. The molecule has 2 N–H and O–H groups in total. The summed E-state index contributed by atoms with van der Waals surface area (Å²) >= 11 is 0. The Morgan fingerprint density at radius 3 is 2.89 bits per heavy atom. The largest absolute Gasteiger partial charge is 0.391 e. The number of nitrogens with one attached hydrogen (secondary N) is 1. The first-order valence-corrected chi connectivity index (χ1v) is 6.52. The van der Waals surface area contributed by atoms with Crippen LogP contribution in [0.1, 0.15) is 24.8 Å². The molecule has 4 nitrogen and oxygen atoms in total. The van der Waals surface area contributed by atoms with Crippen LogP contribution >= 0.6 is 0 Å². The molecule has 19 heavy (non-hydrogen) atoms. The van der Waals surface area contributed by atoms with Gasteiger partial charge in [0.05, 0.1) is 29.3 Å². The van der Waals surface area contributed by atoms with Gasteiger partial charge < -0.3 is 10.4 Å². The molecule has 0 amide bonds. The maximum Gasteiger partial charge on any atom is 0.128 e. The van der Waals surface area contributed by atoms with Crippen molar-refractivity contribution in [1.29, 1.82) is 5.26 Å². The third kappa shape index (κ3) is 2.25. The summed E-state index contributed by atoms with van der Waals surface area (Å²) in [7, 11) is 0. The predicted octanol–water partition coefficient (Wildman–Crippen LogP) is 2.43. The third-order valence-corrected chi connectivity index (χ3v) is 3.65. The molecule has 2 atom stereocenters. The number of anilines is 1. The lowest BCUT2D eigenvalue weighted by atomic mass is 10.1. The smallest absolute Gasteiger partial charge is 0.128 e. The Bertz CT molecular complexity index is 647. The number of aromatic nitrogens is 1. The van der Waals surface area contributed by atoms with Gasteiger partial charge >= 0.3 is 0 Å². The van der Waals surface area contributed by atoms with Crippen molar-refractivity contribution < 1.29 is 5.11 Å². The summed E-state index contributed by atoms with van der Waals surface area (Å²) in [5.74, 6) is 0.668. The zero-order chi connectivity index (χ0) is 13.2. The van der Waals surface area contributed by atoms with Crippen molar-refractivity contribution in [3.63, 3.8) is 0 Å². The molecule has 0 spiro atoms. The van der Waals surface area contributed by atoms with Crippen LogP contribution in [0.5, 0.6) is 0 Å². The highest BCUT2D eigenvalue weighted by Crippen LogP contribution is 2.25. The highest BCUT2D eigenvalue weighted by molar-refractivity contribution is 5.86. The molecule has 1 fully saturated rings. The maximum absolute atomic E-state index is 9.83. The van der Waals surface area contributed by atoms with Crippen LogP contribution in [0.2, 0.25) is 0 Å². The van der Waals surface area contributed by atoms with Crippen LogP contribution in [0.3, 0.4) is 0 Å². The van der Waals surface area contributed by atoms with E-state index in [9.17, 15) is 10.4 Å². The van der Waals surface area contributed by atoms with Crippen molar-refractivity contribution in [3.05, 3.63) is 35.9 Å². The number of hydrogen-bond acceptors (Lipinski definition) is 4. The fourth-order valence-electron chi connectivity index (χ4n) is 2.64. The van der Waals surface area contributed by atoms with Gasteiger partial charge in [0, 0.05) is 5.39 Å². The average Bonchev–Trinajstić information content (AvgIpc) is 2.83. The lowest BCUT2D eigenvalue weighted by Crippen LogP contribution is -2.28. The lowest BCUT2D eigenvalue weighted by Gasteiger charge is -2.17. The zero-order valence-corrected chi connectivity index (χ0v) is 10.5. The molecular formula is C15H15N3O. The second kappa shape index (κ2) is 4.87. The first-order valence-electron chi connectivity index (χ1n) is 6.52. The Kier molecular flexibility index (Phi) is 3.06. The molecule has 0 unspecified atom stereocenters. The van der Waals surface area contributed by atoms with Crippen LogP contribution in [0.4, 0.5) is 5.82 Å². The number of rotatable bonds is 2. The summed E-state index contributed by atoms with van der Waals surface area (Å²) < 4.78 is 0. The van der Waals surface area contributed by atoms with E-state index >= 15 is 0 Å². The van der Waals surface area contributed by atoms with Crippen LogP contribution in [-0.2, 0) is 0 Å². The molecule has 1 aromatic carbocycles. The number of aliphatic hydroxyl groups is 1. The van der Waals surface area contributed by atoms with E-state index in [1.54, 1.807) is 6.07 Å². The van der Waals surface area contributed by atoms with Gasteiger partial charge in [-0.2, -0.15) is 5.26 Å². The summed E-state index contributed by atoms with van der Waals surface area (Å²) in [5, 5.41) is 23.2. The molecular weight excluding hydrogens is 238 g/mol. The molecule has 0 radical (unpaired) electrons. The molecule has 2 aromatic rings.